The van der Waals surface area contributed by atoms with Crippen molar-refractivity contribution >= 4 is 23.1 Å². The lowest BCUT2D eigenvalue weighted by atomic mass is 10.0. The van der Waals surface area contributed by atoms with Gasteiger partial charge in [0.2, 0.25) is 11.8 Å². The van der Waals surface area contributed by atoms with Gasteiger partial charge in [-0.05, 0) is 37.0 Å². The average molecular weight is 461 g/mol. The van der Waals surface area contributed by atoms with E-state index in [9.17, 15) is 18.4 Å². The van der Waals surface area contributed by atoms with Crippen molar-refractivity contribution in [1.29, 1.82) is 0 Å². The number of fused-ring (bicyclic) bond motifs is 1. The van der Waals surface area contributed by atoms with Crippen LogP contribution in [0.3, 0.4) is 0 Å². The number of imide groups is 1. The third-order valence-electron chi connectivity index (χ3n) is 7.16. The zero-order chi connectivity index (χ0) is 23.2. The van der Waals surface area contributed by atoms with E-state index >= 15 is 0 Å². The maximum absolute atomic E-state index is 13.6. The van der Waals surface area contributed by atoms with E-state index in [1.165, 1.54) is 0 Å². The zero-order valence-electron chi connectivity index (χ0n) is 18.8. The number of alkyl halides is 2. The van der Waals surface area contributed by atoms with Gasteiger partial charge >= 0.3 is 6.03 Å². The van der Waals surface area contributed by atoms with Crippen LogP contribution >= 0.6 is 0 Å². The Kier molecular flexibility index (Phi) is 5.82. The average Bonchev–Trinajstić information content (AvgIpc) is 3.32. The van der Waals surface area contributed by atoms with E-state index in [-0.39, 0.29) is 31.1 Å². The molecular formula is C23H30F2N6O2. The molecule has 178 valence electrons. The Balaban J connectivity index is 1.23. The predicted molar refractivity (Wildman–Crippen MR) is 119 cm³/mol. The summed E-state index contributed by atoms with van der Waals surface area (Å²) in [6, 6.07) is 3.97. The third-order valence-corrected chi connectivity index (χ3v) is 7.16. The summed E-state index contributed by atoms with van der Waals surface area (Å²) in [6.07, 6.45) is 4.49. The molecule has 10 heteroatoms. The highest BCUT2D eigenvalue weighted by Crippen LogP contribution is 2.39. The molecule has 8 nitrogen and oxygen atoms in total. The molecule has 3 amide bonds. The lowest BCUT2D eigenvalue weighted by Gasteiger charge is -2.41. The molecule has 0 bridgehead atoms. The first kappa shape index (κ1) is 22.2. The van der Waals surface area contributed by atoms with E-state index in [4.69, 9.17) is 0 Å². The molecule has 33 heavy (non-hydrogen) atoms. The second-order valence-corrected chi connectivity index (χ2v) is 9.69. The van der Waals surface area contributed by atoms with E-state index in [1.54, 1.807) is 15.6 Å². The first-order chi connectivity index (χ1) is 15.8. The van der Waals surface area contributed by atoms with Gasteiger partial charge < -0.3 is 0 Å². The molecule has 1 aliphatic carbocycles. The van der Waals surface area contributed by atoms with Crippen molar-refractivity contribution < 1.29 is 18.4 Å². The predicted octanol–water partition coefficient (Wildman–Crippen LogP) is 2.72. The van der Waals surface area contributed by atoms with Gasteiger partial charge in [0.25, 0.3) is 0 Å². The maximum atomic E-state index is 13.6. The largest absolute Gasteiger partial charge is 0.328 e. The van der Waals surface area contributed by atoms with E-state index in [0.29, 0.717) is 24.7 Å². The molecule has 3 aliphatic rings. The highest BCUT2D eigenvalue weighted by molar-refractivity contribution is 6.07. The van der Waals surface area contributed by atoms with Gasteiger partial charge in [-0.25, -0.2) is 18.1 Å². The number of carbonyl (C=O) groups is 2. The summed E-state index contributed by atoms with van der Waals surface area (Å²) in [6.45, 7) is 6.70. The van der Waals surface area contributed by atoms with Gasteiger partial charge in [0.15, 0.2) is 0 Å². The molecule has 0 radical (unpaired) electrons. The number of halogens is 2. The zero-order valence-corrected chi connectivity index (χ0v) is 18.8. The van der Waals surface area contributed by atoms with Gasteiger partial charge in [-0.2, -0.15) is 5.10 Å². The number of pyridine rings is 1. The number of nitrogens with zero attached hydrogens (tertiary/aromatic N) is 5. The quantitative estimate of drug-likeness (QED) is 0.743. The normalized spacial score (nSPS) is 26.8. The van der Waals surface area contributed by atoms with E-state index in [1.807, 2.05) is 18.3 Å². The van der Waals surface area contributed by atoms with Crippen LogP contribution in [-0.4, -0.2) is 76.0 Å². The van der Waals surface area contributed by atoms with Crippen LogP contribution in [0.4, 0.5) is 19.3 Å². The fraction of sp³-hybridized carbons (Fsp3) is 0.609. The van der Waals surface area contributed by atoms with E-state index in [0.717, 1.165) is 43.8 Å². The Labute approximate surface area is 191 Å². The summed E-state index contributed by atoms with van der Waals surface area (Å²) in [5.41, 5.74) is 2.63. The minimum Gasteiger partial charge on any atom is -0.298 e. The Morgan fingerprint density at radius 2 is 2.09 bits per heavy atom. The lowest BCUT2D eigenvalue weighted by Crippen LogP contribution is -2.52. The minimum absolute atomic E-state index is 0.0246. The molecule has 4 heterocycles. The van der Waals surface area contributed by atoms with Crippen molar-refractivity contribution in [3.8, 4) is 0 Å². The van der Waals surface area contributed by atoms with Crippen LogP contribution in [0.2, 0.25) is 0 Å². The van der Waals surface area contributed by atoms with Crippen LogP contribution in [0.25, 0.3) is 5.52 Å². The number of hydrogen-bond donors (Lipinski definition) is 1. The highest BCUT2D eigenvalue weighted by atomic mass is 19.3. The summed E-state index contributed by atoms with van der Waals surface area (Å²) in [7, 11) is 0. The summed E-state index contributed by atoms with van der Waals surface area (Å²) in [5, 5.41) is 6.71. The van der Waals surface area contributed by atoms with Crippen LogP contribution in [0, 0.1) is 5.92 Å². The molecule has 2 aromatic heterocycles. The standard InChI is InChI=1S/C23H30F2N6O2/c1-16-13-28(8-9-29(16)15-18-2-5-23(24,25)11-18)14-17-3-7-31-19(10-17)20(12-26-31)30-6-4-21(32)27-22(30)33/h3,7,10,12,16,18H,2,4-6,8-9,11,13-15H2,1H3,(H,27,32,33)/t16-,18-/m0/s1. The molecule has 5 rings (SSSR count). The molecule has 0 unspecified atom stereocenters. The molecular weight excluding hydrogens is 430 g/mol. The summed E-state index contributed by atoms with van der Waals surface area (Å²) < 4.78 is 28.8. The van der Waals surface area contributed by atoms with Gasteiger partial charge in [0.1, 0.15) is 0 Å². The Hall–Kier alpha value is -2.59. The molecule has 2 aliphatic heterocycles. The van der Waals surface area contributed by atoms with Crippen molar-refractivity contribution in [1.82, 2.24) is 24.7 Å². The highest BCUT2D eigenvalue weighted by Gasteiger charge is 2.40. The summed E-state index contributed by atoms with van der Waals surface area (Å²) >= 11 is 0. The topological polar surface area (TPSA) is 73.2 Å². The van der Waals surface area contributed by atoms with Crippen molar-refractivity contribution in [2.75, 3.05) is 37.6 Å². The Bertz CT molecular complexity index is 1060. The molecule has 0 aromatic carbocycles. The number of amides is 3. The van der Waals surface area contributed by atoms with Crippen LogP contribution in [0.15, 0.2) is 24.5 Å². The van der Waals surface area contributed by atoms with Gasteiger partial charge in [-0.1, -0.05) is 0 Å². The number of rotatable bonds is 5. The number of aromatic nitrogens is 2. The number of urea groups is 1. The number of hydrogen-bond acceptors (Lipinski definition) is 5. The van der Waals surface area contributed by atoms with Gasteiger partial charge in [-0.3, -0.25) is 24.8 Å². The number of nitrogens with one attached hydrogen (secondary N) is 1. The van der Waals surface area contributed by atoms with E-state index < -0.39 is 12.0 Å². The molecule has 3 fully saturated rings. The lowest BCUT2D eigenvalue weighted by molar-refractivity contribution is -0.120. The van der Waals surface area contributed by atoms with Crippen molar-refractivity contribution in [2.24, 2.45) is 5.92 Å². The van der Waals surface area contributed by atoms with Gasteiger partial charge in [0.05, 0.1) is 17.4 Å². The number of carbonyl (C=O) groups excluding carboxylic acids is 2. The van der Waals surface area contributed by atoms with Crippen molar-refractivity contribution in [2.45, 2.75) is 51.1 Å². The maximum Gasteiger partial charge on any atom is 0.328 e. The molecule has 2 atom stereocenters. The van der Waals surface area contributed by atoms with Gasteiger partial charge in [-0.15, -0.1) is 0 Å². The van der Waals surface area contributed by atoms with Crippen LogP contribution < -0.4 is 10.2 Å². The molecule has 2 aromatic rings. The summed E-state index contributed by atoms with van der Waals surface area (Å²) in [4.78, 5) is 30.1. The van der Waals surface area contributed by atoms with Crippen LogP contribution in [0.5, 0.6) is 0 Å². The van der Waals surface area contributed by atoms with Crippen LogP contribution in [0.1, 0.15) is 38.2 Å². The van der Waals surface area contributed by atoms with Crippen molar-refractivity contribution in [3.63, 3.8) is 0 Å². The number of piperazine rings is 1. The fourth-order valence-electron chi connectivity index (χ4n) is 5.38. The Morgan fingerprint density at radius 3 is 2.82 bits per heavy atom. The first-order valence-electron chi connectivity index (χ1n) is 11.7. The van der Waals surface area contributed by atoms with E-state index in [2.05, 4.69) is 27.1 Å². The molecule has 2 saturated heterocycles. The monoisotopic (exact) mass is 460 g/mol. The van der Waals surface area contributed by atoms with Crippen LogP contribution in [-0.2, 0) is 11.3 Å². The minimum atomic E-state index is -2.48. The number of anilines is 1. The molecule has 1 saturated carbocycles. The van der Waals surface area contributed by atoms with Crippen molar-refractivity contribution in [3.05, 3.63) is 30.1 Å². The SMILES string of the molecule is C[C@H]1CN(Cc2ccn3ncc(N4CCC(=O)NC4=O)c3c2)CCN1C[C@H]1CCC(F)(F)C1. The second kappa shape index (κ2) is 8.64. The molecule has 0 spiro atoms. The summed E-state index contributed by atoms with van der Waals surface area (Å²) in [5.74, 6) is -2.65. The smallest absolute Gasteiger partial charge is 0.298 e. The van der Waals surface area contributed by atoms with Gasteiger partial charge in [0, 0.05) is 70.8 Å². The Morgan fingerprint density at radius 1 is 1.24 bits per heavy atom. The molecule has 1 N–H and O–H groups in total. The third kappa shape index (κ3) is 4.72. The fourth-order valence-corrected chi connectivity index (χ4v) is 5.38. The first-order valence-corrected chi connectivity index (χ1v) is 11.7. The second-order valence-electron chi connectivity index (χ2n) is 9.69.